The fourth-order valence-electron chi connectivity index (χ4n) is 1.81. The van der Waals surface area contributed by atoms with Gasteiger partial charge in [0.15, 0.2) is 0 Å². The van der Waals surface area contributed by atoms with Crippen LogP contribution in [0.3, 0.4) is 0 Å². The van der Waals surface area contributed by atoms with Crippen LogP contribution in [0.4, 0.5) is 15.8 Å². The predicted octanol–water partition coefficient (Wildman–Crippen LogP) is 3.34. The van der Waals surface area contributed by atoms with Crippen LogP contribution < -0.4 is 11.1 Å². The standard InChI is InChI=1S/C14H21FN2O2/c1-9(2)5-3-4-6-17-13-7-10(14(18)19)12(16)8-11(13)15/h7-9,17H,3-6,16H2,1-2H3,(H,18,19). The highest BCUT2D eigenvalue weighted by Crippen LogP contribution is 2.22. The zero-order valence-corrected chi connectivity index (χ0v) is 11.4. The quantitative estimate of drug-likeness (QED) is 0.523. The fraction of sp³-hybridized carbons (Fsp3) is 0.500. The second-order valence-electron chi connectivity index (χ2n) is 5.04. The van der Waals surface area contributed by atoms with Crippen molar-refractivity contribution < 1.29 is 14.3 Å². The lowest BCUT2D eigenvalue weighted by Gasteiger charge is -2.10. The minimum absolute atomic E-state index is 0.0599. The van der Waals surface area contributed by atoms with Crippen LogP contribution in [0.1, 0.15) is 43.5 Å². The van der Waals surface area contributed by atoms with Gasteiger partial charge in [-0.05, 0) is 24.5 Å². The van der Waals surface area contributed by atoms with Gasteiger partial charge in [0.05, 0.1) is 11.3 Å². The molecule has 0 unspecified atom stereocenters. The molecule has 4 nitrogen and oxygen atoms in total. The Labute approximate surface area is 112 Å². The SMILES string of the molecule is CC(C)CCCCNc1cc(C(=O)O)c(N)cc1F. The summed E-state index contributed by atoms with van der Waals surface area (Å²) in [6, 6.07) is 2.29. The van der Waals surface area contributed by atoms with Gasteiger partial charge in [0.1, 0.15) is 5.82 Å². The third-order valence-corrected chi connectivity index (χ3v) is 2.89. The lowest BCUT2D eigenvalue weighted by atomic mass is 10.1. The van der Waals surface area contributed by atoms with E-state index >= 15 is 0 Å². The number of nitrogen functional groups attached to an aromatic ring is 1. The highest BCUT2D eigenvalue weighted by Gasteiger charge is 2.12. The third-order valence-electron chi connectivity index (χ3n) is 2.89. The van der Waals surface area contributed by atoms with E-state index in [1.165, 1.54) is 6.07 Å². The number of carboxylic acids is 1. The number of anilines is 2. The highest BCUT2D eigenvalue weighted by atomic mass is 19.1. The van der Waals surface area contributed by atoms with Crippen molar-refractivity contribution in [1.29, 1.82) is 0 Å². The average molecular weight is 268 g/mol. The first-order valence-corrected chi connectivity index (χ1v) is 6.48. The molecule has 0 aliphatic carbocycles. The van der Waals surface area contributed by atoms with Gasteiger partial charge in [-0.3, -0.25) is 0 Å². The van der Waals surface area contributed by atoms with Gasteiger partial charge in [0.2, 0.25) is 0 Å². The number of nitrogens with one attached hydrogen (secondary N) is 1. The van der Waals surface area contributed by atoms with Gasteiger partial charge in [-0.1, -0.05) is 26.7 Å². The lowest BCUT2D eigenvalue weighted by molar-refractivity contribution is 0.0698. The maximum atomic E-state index is 13.6. The van der Waals surface area contributed by atoms with Crippen LogP contribution in [0.15, 0.2) is 12.1 Å². The van der Waals surface area contributed by atoms with E-state index in [-0.39, 0.29) is 16.9 Å². The van der Waals surface area contributed by atoms with Gasteiger partial charge in [0, 0.05) is 12.2 Å². The van der Waals surface area contributed by atoms with Crippen LogP contribution in [0.25, 0.3) is 0 Å². The first-order chi connectivity index (χ1) is 8.91. The van der Waals surface area contributed by atoms with Crippen molar-refractivity contribution >= 4 is 17.3 Å². The molecule has 1 aromatic rings. The number of rotatable bonds is 7. The molecule has 5 heteroatoms. The Balaban J connectivity index is 2.58. The van der Waals surface area contributed by atoms with E-state index in [4.69, 9.17) is 10.8 Å². The van der Waals surface area contributed by atoms with Crippen LogP contribution in [0.5, 0.6) is 0 Å². The summed E-state index contributed by atoms with van der Waals surface area (Å²) in [4.78, 5) is 10.9. The maximum absolute atomic E-state index is 13.6. The number of benzene rings is 1. The summed E-state index contributed by atoms with van der Waals surface area (Å²) in [7, 11) is 0. The first kappa shape index (κ1) is 15.3. The zero-order valence-electron chi connectivity index (χ0n) is 11.4. The Kier molecular flexibility index (Phi) is 5.60. The summed E-state index contributed by atoms with van der Waals surface area (Å²) in [5.74, 6) is -1.02. The molecule has 0 aromatic heterocycles. The van der Waals surface area contributed by atoms with E-state index in [0.29, 0.717) is 12.5 Å². The molecule has 0 bridgehead atoms. The predicted molar refractivity (Wildman–Crippen MR) is 75.0 cm³/mol. The second kappa shape index (κ2) is 6.97. The van der Waals surface area contributed by atoms with Crippen molar-refractivity contribution in [3.05, 3.63) is 23.5 Å². The molecule has 0 heterocycles. The molecule has 0 fully saturated rings. The Morgan fingerprint density at radius 1 is 1.42 bits per heavy atom. The number of aromatic carboxylic acids is 1. The van der Waals surface area contributed by atoms with E-state index < -0.39 is 11.8 Å². The summed E-state index contributed by atoms with van der Waals surface area (Å²) in [5.41, 5.74) is 5.51. The molecule has 19 heavy (non-hydrogen) atoms. The smallest absolute Gasteiger partial charge is 0.337 e. The second-order valence-corrected chi connectivity index (χ2v) is 5.04. The Bertz CT molecular complexity index is 447. The van der Waals surface area contributed by atoms with E-state index in [9.17, 15) is 9.18 Å². The molecule has 106 valence electrons. The number of nitrogens with two attached hydrogens (primary N) is 1. The van der Waals surface area contributed by atoms with Crippen molar-refractivity contribution in [3.63, 3.8) is 0 Å². The normalized spacial score (nSPS) is 10.7. The molecule has 0 saturated carbocycles. The van der Waals surface area contributed by atoms with Gasteiger partial charge in [-0.25, -0.2) is 9.18 Å². The molecule has 0 saturated heterocycles. The summed E-state index contributed by atoms with van der Waals surface area (Å²) in [6.45, 7) is 4.94. The Morgan fingerprint density at radius 2 is 2.11 bits per heavy atom. The topological polar surface area (TPSA) is 75.3 Å². The highest BCUT2D eigenvalue weighted by molar-refractivity contribution is 5.94. The molecule has 0 aliphatic rings. The van der Waals surface area contributed by atoms with E-state index in [1.54, 1.807) is 0 Å². The van der Waals surface area contributed by atoms with Gasteiger partial charge in [-0.15, -0.1) is 0 Å². The Hall–Kier alpha value is -1.78. The van der Waals surface area contributed by atoms with Gasteiger partial charge < -0.3 is 16.2 Å². The Morgan fingerprint density at radius 3 is 2.68 bits per heavy atom. The maximum Gasteiger partial charge on any atom is 0.337 e. The van der Waals surface area contributed by atoms with Crippen LogP contribution in [-0.4, -0.2) is 17.6 Å². The number of carbonyl (C=O) groups is 1. The molecular formula is C14H21FN2O2. The van der Waals surface area contributed by atoms with Crippen molar-refractivity contribution in [2.24, 2.45) is 5.92 Å². The van der Waals surface area contributed by atoms with Crippen molar-refractivity contribution in [3.8, 4) is 0 Å². The number of hydrogen-bond donors (Lipinski definition) is 3. The molecular weight excluding hydrogens is 247 g/mol. The number of unbranched alkanes of at least 4 members (excludes halogenated alkanes) is 1. The zero-order chi connectivity index (χ0) is 14.4. The van der Waals surface area contributed by atoms with Crippen LogP contribution in [0, 0.1) is 11.7 Å². The van der Waals surface area contributed by atoms with Crippen molar-refractivity contribution in [1.82, 2.24) is 0 Å². The van der Waals surface area contributed by atoms with E-state index in [0.717, 1.165) is 25.3 Å². The van der Waals surface area contributed by atoms with Crippen molar-refractivity contribution in [2.75, 3.05) is 17.6 Å². The average Bonchev–Trinajstić information content (AvgIpc) is 2.30. The summed E-state index contributed by atoms with van der Waals surface area (Å²) in [5, 5.41) is 11.8. The number of carboxylic acid groups (broad SMARTS) is 1. The third kappa shape index (κ3) is 4.77. The monoisotopic (exact) mass is 268 g/mol. The molecule has 0 atom stereocenters. The van der Waals surface area contributed by atoms with Gasteiger partial charge in [-0.2, -0.15) is 0 Å². The van der Waals surface area contributed by atoms with Crippen LogP contribution in [-0.2, 0) is 0 Å². The number of hydrogen-bond acceptors (Lipinski definition) is 3. The largest absolute Gasteiger partial charge is 0.478 e. The molecule has 0 spiro atoms. The molecule has 1 aromatic carbocycles. The van der Waals surface area contributed by atoms with Gasteiger partial charge >= 0.3 is 5.97 Å². The van der Waals surface area contributed by atoms with Crippen LogP contribution in [0.2, 0.25) is 0 Å². The summed E-state index contributed by atoms with van der Waals surface area (Å²) < 4.78 is 13.6. The van der Waals surface area contributed by atoms with Crippen molar-refractivity contribution in [2.45, 2.75) is 33.1 Å². The minimum atomic E-state index is -1.15. The lowest BCUT2D eigenvalue weighted by Crippen LogP contribution is -2.08. The summed E-state index contributed by atoms with van der Waals surface area (Å²) in [6.07, 6.45) is 3.11. The summed E-state index contributed by atoms with van der Waals surface area (Å²) >= 11 is 0. The molecule has 1 rings (SSSR count). The van der Waals surface area contributed by atoms with E-state index in [2.05, 4.69) is 19.2 Å². The molecule has 0 radical (unpaired) electrons. The van der Waals surface area contributed by atoms with E-state index in [1.807, 2.05) is 0 Å². The minimum Gasteiger partial charge on any atom is -0.478 e. The molecule has 4 N–H and O–H groups in total. The van der Waals surface area contributed by atoms with Crippen LogP contribution >= 0.6 is 0 Å². The fourth-order valence-corrected chi connectivity index (χ4v) is 1.81. The molecule has 0 aliphatic heterocycles. The molecule has 0 amide bonds. The first-order valence-electron chi connectivity index (χ1n) is 6.48. The number of halogens is 1. The van der Waals surface area contributed by atoms with Gasteiger partial charge in [0.25, 0.3) is 0 Å².